The summed E-state index contributed by atoms with van der Waals surface area (Å²) in [4.78, 5) is 41.4. The van der Waals surface area contributed by atoms with E-state index in [1.165, 1.54) is 80.3 Å². The van der Waals surface area contributed by atoms with Crippen molar-refractivity contribution in [1.29, 1.82) is 0 Å². The Bertz CT molecular complexity index is 2380. The van der Waals surface area contributed by atoms with Gasteiger partial charge in [-0.2, -0.15) is 0 Å². The molecule has 0 radical (unpaired) electrons. The Morgan fingerprint density at radius 1 is 0.582 bits per heavy atom. The lowest BCUT2D eigenvalue weighted by atomic mass is 9.86. The van der Waals surface area contributed by atoms with Gasteiger partial charge in [-0.1, -0.05) is 213 Å². The van der Waals surface area contributed by atoms with Crippen LogP contribution in [0.4, 0.5) is 0 Å². The number of hydrogen-bond donors (Lipinski definition) is 2. The van der Waals surface area contributed by atoms with Gasteiger partial charge in [-0.15, -0.1) is 23.2 Å². The summed E-state index contributed by atoms with van der Waals surface area (Å²) in [6.07, 6.45) is 29.6. The zero-order chi connectivity index (χ0) is 59.0. The maximum Gasteiger partial charge on any atom is 0.252 e. The van der Waals surface area contributed by atoms with Crippen molar-refractivity contribution in [3.8, 4) is 0 Å². The Labute approximate surface area is 494 Å². The normalized spacial score (nSPS) is 16.2. The van der Waals surface area contributed by atoms with Gasteiger partial charge in [0.25, 0.3) is 10.5 Å². The number of aliphatic hydroxyl groups excluding tert-OH is 2. The highest BCUT2D eigenvalue weighted by Gasteiger charge is 2.44. The van der Waals surface area contributed by atoms with Gasteiger partial charge in [-0.05, 0) is 162 Å². The fraction of sp³-hybridized carbons (Fsp3) is 0.362. The van der Waals surface area contributed by atoms with Gasteiger partial charge < -0.3 is 10.2 Å². The van der Waals surface area contributed by atoms with E-state index >= 15 is 0 Å². The van der Waals surface area contributed by atoms with E-state index in [9.17, 15) is 19.2 Å². The maximum atomic E-state index is 10.6. The number of rotatable bonds is 17. The summed E-state index contributed by atoms with van der Waals surface area (Å²) in [5.41, 5.74) is 8.51. The quantitative estimate of drug-likeness (QED) is 0.0416. The number of carbonyl (C=O) groups excluding carboxylic acids is 4. The fourth-order valence-corrected chi connectivity index (χ4v) is 8.56. The van der Waals surface area contributed by atoms with Gasteiger partial charge in [-0.25, -0.2) is 0 Å². The van der Waals surface area contributed by atoms with Crippen molar-refractivity contribution in [1.82, 2.24) is 0 Å². The highest BCUT2D eigenvalue weighted by Crippen LogP contribution is 2.52. The molecular weight excluding hydrogens is 1070 g/mol. The number of aliphatic hydroxyl groups is 2. The van der Waals surface area contributed by atoms with E-state index in [1.54, 1.807) is 48.5 Å². The Morgan fingerprint density at radius 2 is 1.00 bits per heavy atom. The lowest BCUT2D eigenvalue weighted by molar-refractivity contribution is 0.107. The largest absolute Gasteiger partial charge is 0.392 e. The summed E-state index contributed by atoms with van der Waals surface area (Å²) in [5.74, 6) is 6.02. The molecule has 3 aliphatic carbocycles. The van der Waals surface area contributed by atoms with Crippen LogP contribution in [0.25, 0.3) is 12.2 Å². The first-order valence-corrected chi connectivity index (χ1v) is 29.2. The van der Waals surface area contributed by atoms with Crippen LogP contribution in [0, 0.1) is 29.6 Å². The molecule has 10 heteroatoms. The predicted molar refractivity (Wildman–Crippen MR) is 339 cm³/mol. The zero-order valence-corrected chi connectivity index (χ0v) is 50.6. The first-order valence-electron chi connectivity index (χ1n) is 27.5. The Balaban J connectivity index is 0.000000455. The van der Waals surface area contributed by atoms with Crippen molar-refractivity contribution in [2.45, 2.75) is 130 Å². The topological polar surface area (TPSA) is 109 Å². The number of hydrogen-bond acceptors (Lipinski definition) is 6. The van der Waals surface area contributed by atoms with E-state index in [4.69, 9.17) is 56.6 Å². The monoisotopic (exact) mass is 1150 g/mol. The van der Waals surface area contributed by atoms with Crippen molar-refractivity contribution >= 4 is 81.6 Å². The van der Waals surface area contributed by atoms with Gasteiger partial charge >= 0.3 is 0 Å². The number of benzene rings is 5. The molecule has 426 valence electrons. The number of fused-ring (bicyclic) bond motifs is 5. The molecule has 6 atom stereocenters. The summed E-state index contributed by atoms with van der Waals surface area (Å²) in [5, 5.41) is 16.5. The van der Waals surface area contributed by atoms with E-state index < -0.39 is 10.5 Å². The van der Waals surface area contributed by atoms with Crippen LogP contribution < -0.4 is 0 Å². The Morgan fingerprint density at radius 3 is 1.33 bits per heavy atom. The minimum absolute atomic E-state index is 0.0612. The molecule has 5 aromatic rings. The van der Waals surface area contributed by atoms with Crippen LogP contribution in [0.15, 0.2) is 171 Å². The molecule has 1 fully saturated rings. The van der Waals surface area contributed by atoms with Crippen LogP contribution >= 0.6 is 46.4 Å². The summed E-state index contributed by atoms with van der Waals surface area (Å²) in [6, 6.07) is 36.0. The smallest absolute Gasteiger partial charge is 0.252 e. The fourth-order valence-electron chi connectivity index (χ4n) is 8.12. The van der Waals surface area contributed by atoms with Gasteiger partial charge in [0.1, 0.15) is 12.6 Å². The van der Waals surface area contributed by atoms with Crippen molar-refractivity contribution < 1.29 is 29.4 Å². The molecule has 0 aromatic heterocycles. The molecule has 79 heavy (non-hydrogen) atoms. The van der Waals surface area contributed by atoms with Gasteiger partial charge in [0.2, 0.25) is 0 Å². The first-order chi connectivity index (χ1) is 38.0. The molecule has 0 amide bonds. The van der Waals surface area contributed by atoms with Crippen molar-refractivity contribution in [3.63, 3.8) is 0 Å². The Hall–Kier alpha value is -5.44. The second-order valence-electron chi connectivity index (χ2n) is 19.3. The van der Waals surface area contributed by atoms with Gasteiger partial charge in [0, 0.05) is 33.5 Å². The third-order valence-electron chi connectivity index (χ3n) is 13.7. The van der Waals surface area contributed by atoms with E-state index in [-0.39, 0.29) is 13.2 Å². The Kier molecular flexibility index (Phi) is 39.3. The molecule has 2 bridgehead atoms. The second kappa shape index (κ2) is 43.4. The molecule has 0 spiro atoms. The zero-order valence-electron chi connectivity index (χ0n) is 47.6. The lowest BCUT2D eigenvalue weighted by Gasteiger charge is -2.18. The molecule has 6 unspecified atom stereocenters. The van der Waals surface area contributed by atoms with Gasteiger partial charge in [0.15, 0.2) is 0 Å². The molecule has 2 N–H and O–H groups in total. The van der Waals surface area contributed by atoms with E-state index in [2.05, 4.69) is 115 Å². The number of alkyl halides is 2. The standard InChI is InChI=1S/C11H15Cl.C10H12.C10H10.C10H20.C8H4Cl2O2.C8H10O2.C8H6O2.C4H9Cl/c1-3-9(2)11-6-4-10(8-12)5-7-11;1-2-9-7-4-5-8(6-7)10(9)3-1;1-3-9-5-7-10(4-2)8-6-9;1-4-7-8-9-10(5-2)6-3;9-7(11)5-1-2-6(4-3-5)8(10)12;2*9-5-7-1-2-8(6-10)4-3-7;1-3-4(2)5/h4-7,9H,3,8H2,1-2H3;1-2,4-5,7-10H,3,6H2;3-8H,1-2H2;7-8,10H,4-6,9H2,1-3H3;1-4H;1-4,9-10H,5-6H2;1-6H;4H,3H2,1-2H3/b;;;8-7+;;;;. The lowest BCUT2D eigenvalue weighted by Crippen LogP contribution is -2.12. The van der Waals surface area contributed by atoms with E-state index in [0.29, 0.717) is 39.4 Å². The molecular formula is C69H86Cl4O6. The SMILES string of the molecule is C1=CC2C3C=CC(C3)C2C1.C=Cc1ccc(C=C)cc1.CC/C=C/CC(CC)CC.CCC(C)Cl.CCC(C)c1ccc(CCl)cc1.O=C(Cl)c1ccc(C(=O)Cl)cc1.O=Cc1ccc(C=O)cc1.OCc1ccc(CO)cc1. The minimum atomic E-state index is -0.552. The molecule has 3 aliphatic rings. The average Bonchev–Trinajstić information content (AvgIpc) is 4.31. The van der Waals surface area contributed by atoms with E-state index in [1.807, 2.05) is 43.3 Å². The third kappa shape index (κ3) is 29.6. The van der Waals surface area contributed by atoms with Crippen molar-refractivity contribution in [3.05, 3.63) is 227 Å². The summed E-state index contributed by atoms with van der Waals surface area (Å²) in [6.45, 7) is 22.7. The number of allylic oxidation sites excluding steroid dienone is 6. The van der Waals surface area contributed by atoms with Crippen LogP contribution in [0.1, 0.15) is 181 Å². The first kappa shape index (κ1) is 71.6. The molecule has 8 rings (SSSR count). The van der Waals surface area contributed by atoms with Crippen LogP contribution in [0.5, 0.6) is 0 Å². The number of halogens is 4. The highest BCUT2D eigenvalue weighted by atomic mass is 35.5. The molecule has 6 nitrogen and oxygen atoms in total. The summed E-state index contributed by atoms with van der Waals surface area (Å²) in [7, 11) is 0. The summed E-state index contributed by atoms with van der Waals surface area (Å²) >= 11 is 21.5. The number of carbonyl (C=O) groups is 4. The molecule has 5 aromatic carbocycles. The van der Waals surface area contributed by atoms with Gasteiger partial charge in [0.05, 0.1) is 13.2 Å². The average molecular weight is 1150 g/mol. The van der Waals surface area contributed by atoms with Gasteiger partial charge in [-0.3, -0.25) is 19.2 Å². The van der Waals surface area contributed by atoms with Crippen molar-refractivity contribution in [2.75, 3.05) is 0 Å². The summed E-state index contributed by atoms with van der Waals surface area (Å²) < 4.78 is 0. The number of aldehydes is 2. The van der Waals surface area contributed by atoms with Crippen LogP contribution in [0.3, 0.4) is 0 Å². The van der Waals surface area contributed by atoms with E-state index in [0.717, 1.165) is 70.8 Å². The third-order valence-corrected chi connectivity index (χ3v) is 14.8. The maximum absolute atomic E-state index is 10.6. The predicted octanol–water partition coefficient (Wildman–Crippen LogP) is 19.5. The highest BCUT2D eigenvalue weighted by molar-refractivity contribution is 6.68. The second-order valence-corrected chi connectivity index (χ2v) is 21.0. The molecule has 1 saturated carbocycles. The van der Waals surface area contributed by atoms with Crippen LogP contribution in [-0.4, -0.2) is 38.6 Å². The van der Waals surface area contributed by atoms with Crippen LogP contribution in [-0.2, 0) is 19.1 Å². The van der Waals surface area contributed by atoms with Crippen LogP contribution in [0.2, 0.25) is 0 Å². The molecule has 0 heterocycles. The molecule has 0 saturated heterocycles. The molecule has 0 aliphatic heterocycles. The van der Waals surface area contributed by atoms with Crippen molar-refractivity contribution in [2.24, 2.45) is 29.6 Å². The minimum Gasteiger partial charge on any atom is -0.392 e.